The first-order valence-corrected chi connectivity index (χ1v) is 7.78. The van der Waals surface area contributed by atoms with Crippen LogP contribution >= 0.6 is 15.9 Å². The highest BCUT2D eigenvalue weighted by Gasteiger charge is 2.49. The van der Waals surface area contributed by atoms with Crippen LogP contribution in [-0.4, -0.2) is 31.1 Å². The number of rotatable bonds is 2. The number of nitrogens with zero attached hydrogens (tertiary/aromatic N) is 1. The molecule has 2 aliphatic heterocycles. The highest BCUT2D eigenvalue weighted by molar-refractivity contribution is 9.10. The number of carbonyl (C=O) groups is 1. The largest absolute Gasteiger partial charge is 0.366 e. The van der Waals surface area contributed by atoms with E-state index in [4.69, 9.17) is 5.73 Å². The first kappa shape index (κ1) is 13.9. The Bertz CT molecular complexity index is 558. The number of primary amides is 1. The molecule has 0 radical (unpaired) electrons. The molecule has 1 aromatic rings. The van der Waals surface area contributed by atoms with E-state index in [9.17, 15) is 4.79 Å². The van der Waals surface area contributed by atoms with Crippen molar-refractivity contribution in [3.63, 3.8) is 0 Å². The molecule has 2 aliphatic rings. The van der Waals surface area contributed by atoms with Gasteiger partial charge in [0.2, 0.25) is 5.91 Å². The van der Waals surface area contributed by atoms with Gasteiger partial charge in [0.15, 0.2) is 0 Å². The molecule has 0 aliphatic carbocycles. The summed E-state index contributed by atoms with van der Waals surface area (Å²) in [6, 6.07) is 5.82. The summed E-state index contributed by atoms with van der Waals surface area (Å²) in [5.74, 6) is 0.988. The van der Waals surface area contributed by atoms with Crippen molar-refractivity contribution < 1.29 is 4.79 Å². The third kappa shape index (κ3) is 2.04. The molecule has 1 aromatic carbocycles. The van der Waals surface area contributed by atoms with Crippen molar-refractivity contribution in [2.75, 3.05) is 24.5 Å². The SMILES string of the molecule is CC1(C)C2CNCC2CN1c1ccc(C(N)=O)c(Br)c1. The zero-order valence-corrected chi connectivity index (χ0v) is 13.4. The zero-order valence-electron chi connectivity index (χ0n) is 11.8. The molecule has 2 atom stereocenters. The van der Waals surface area contributed by atoms with Gasteiger partial charge in [0, 0.05) is 35.3 Å². The molecule has 3 N–H and O–H groups in total. The lowest BCUT2D eigenvalue weighted by Gasteiger charge is -2.37. The fourth-order valence-corrected chi connectivity index (χ4v) is 4.29. The molecule has 3 rings (SSSR count). The Morgan fingerprint density at radius 1 is 1.45 bits per heavy atom. The molecule has 0 saturated carbocycles. The Hall–Kier alpha value is -1.07. The number of hydrogen-bond donors (Lipinski definition) is 2. The average molecular weight is 338 g/mol. The van der Waals surface area contributed by atoms with E-state index in [1.807, 2.05) is 18.2 Å². The van der Waals surface area contributed by atoms with Crippen LogP contribution in [0.3, 0.4) is 0 Å². The van der Waals surface area contributed by atoms with Gasteiger partial charge in [0.25, 0.3) is 0 Å². The Morgan fingerprint density at radius 2 is 2.20 bits per heavy atom. The van der Waals surface area contributed by atoms with Crippen LogP contribution in [0.4, 0.5) is 5.69 Å². The van der Waals surface area contributed by atoms with Crippen molar-refractivity contribution in [1.82, 2.24) is 5.32 Å². The summed E-state index contributed by atoms with van der Waals surface area (Å²) < 4.78 is 0.772. The van der Waals surface area contributed by atoms with Crippen LogP contribution in [-0.2, 0) is 0 Å². The van der Waals surface area contributed by atoms with Gasteiger partial charge in [-0.25, -0.2) is 0 Å². The number of hydrogen-bond acceptors (Lipinski definition) is 3. The minimum atomic E-state index is -0.398. The number of anilines is 1. The molecule has 2 fully saturated rings. The van der Waals surface area contributed by atoms with Gasteiger partial charge >= 0.3 is 0 Å². The Morgan fingerprint density at radius 3 is 2.80 bits per heavy atom. The summed E-state index contributed by atoms with van der Waals surface area (Å²) >= 11 is 3.45. The number of nitrogens with two attached hydrogens (primary N) is 1. The Kier molecular flexibility index (Phi) is 3.29. The molecular weight excluding hydrogens is 318 g/mol. The second-order valence-electron chi connectivity index (χ2n) is 6.32. The van der Waals surface area contributed by atoms with Crippen LogP contribution < -0.4 is 16.0 Å². The lowest BCUT2D eigenvalue weighted by atomic mass is 9.84. The normalized spacial score (nSPS) is 27.6. The van der Waals surface area contributed by atoms with Gasteiger partial charge in [-0.1, -0.05) is 0 Å². The summed E-state index contributed by atoms with van der Waals surface area (Å²) in [4.78, 5) is 13.8. The van der Waals surface area contributed by atoms with Crippen molar-refractivity contribution in [1.29, 1.82) is 0 Å². The van der Waals surface area contributed by atoms with Gasteiger partial charge in [-0.15, -0.1) is 0 Å². The number of amides is 1. The molecule has 2 saturated heterocycles. The third-order valence-electron chi connectivity index (χ3n) is 4.89. The maximum Gasteiger partial charge on any atom is 0.249 e. The quantitative estimate of drug-likeness (QED) is 0.867. The van der Waals surface area contributed by atoms with Crippen molar-refractivity contribution in [3.05, 3.63) is 28.2 Å². The van der Waals surface area contributed by atoms with Gasteiger partial charge in [-0.05, 0) is 59.8 Å². The minimum Gasteiger partial charge on any atom is -0.366 e. The highest BCUT2D eigenvalue weighted by atomic mass is 79.9. The van der Waals surface area contributed by atoms with Crippen molar-refractivity contribution in [3.8, 4) is 0 Å². The van der Waals surface area contributed by atoms with Crippen molar-refractivity contribution >= 4 is 27.5 Å². The van der Waals surface area contributed by atoms with E-state index in [0.29, 0.717) is 17.4 Å². The summed E-state index contributed by atoms with van der Waals surface area (Å²) in [5, 5.41) is 3.49. The van der Waals surface area contributed by atoms with Gasteiger partial charge in [0.1, 0.15) is 0 Å². The molecule has 0 aromatic heterocycles. The zero-order chi connectivity index (χ0) is 14.5. The van der Waals surface area contributed by atoms with Crippen molar-refractivity contribution in [2.24, 2.45) is 17.6 Å². The maximum atomic E-state index is 11.3. The predicted molar refractivity (Wildman–Crippen MR) is 83.9 cm³/mol. The monoisotopic (exact) mass is 337 g/mol. The average Bonchev–Trinajstić information content (AvgIpc) is 2.91. The number of benzene rings is 1. The Labute approximate surface area is 127 Å². The van der Waals surface area contributed by atoms with E-state index in [1.165, 1.54) is 0 Å². The molecule has 2 unspecified atom stereocenters. The van der Waals surface area contributed by atoms with Crippen LogP contribution in [0.15, 0.2) is 22.7 Å². The lowest BCUT2D eigenvalue weighted by Crippen LogP contribution is -2.44. The van der Waals surface area contributed by atoms with Crippen LogP contribution in [0.25, 0.3) is 0 Å². The summed E-state index contributed by atoms with van der Waals surface area (Å²) in [6.45, 7) is 7.87. The number of carbonyl (C=O) groups excluding carboxylic acids is 1. The predicted octanol–water partition coefficient (Wildman–Crippen LogP) is 1.98. The molecule has 4 nitrogen and oxygen atoms in total. The molecule has 20 heavy (non-hydrogen) atoms. The van der Waals surface area contributed by atoms with Gasteiger partial charge in [0.05, 0.1) is 5.56 Å². The number of fused-ring (bicyclic) bond motifs is 1. The van der Waals surface area contributed by atoms with Crippen LogP contribution in [0, 0.1) is 11.8 Å². The molecular formula is C15H20BrN3O. The van der Waals surface area contributed by atoms with E-state index >= 15 is 0 Å². The highest BCUT2D eigenvalue weighted by Crippen LogP contribution is 2.43. The fraction of sp³-hybridized carbons (Fsp3) is 0.533. The molecule has 1 amide bonds. The first-order chi connectivity index (χ1) is 9.41. The fourth-order valence-electron chi connectivity index (χ4n) is 3.73. The van der Waals surface area contributed by atoms with E-state index in [2.05, 4.69) is 40.0 Å². The Balaban J connectivity index is 1.94. The number of nitrogens with one attached hydrogen (secondary N) is 1. The van der Waals surface area contributed by atoms with E-state index in [-0.39, 0.29) is 5.54 Å². The van der Waals surface area contributed by atoms with Crippen LogP contribution in [0.2, 0.25) is 0 Å². The minimum absolute atomic E-state index is 0.127. The summed E-state index contributed by atoms with van der Waals surface area (Å²) in [5.41, 5.74) is 7.17. The molecule has 108 valence electrons. The van der Waals surface area contributed by atoms with E-state index < -0.39 is 5.91 Å². The van der Waals surface area contributed by atoms with Crippen molar-refractivity contribution in [2.45, 2.75) is 19.4 Å². The van der Waals surface area contributed by atoms with Gasteiger partial charge in [-0.3, -0.25) is 4.79 Å². The topological polar surface area (TPSA) is 58.4 Å². The summed E-state index contributed by atoms with van der Waals surface area (Å²) in [7, 11) is 0. The first-order valence-electron chi connectivity index (χ1n) is 6.99. The van der Waals surface area contributed by atoms with Gasteiger partial charge < -0.3 is 16.0 Å². The summed E-state index contributed by atoms with van der Waals surface area (Å²) in [6.07, 6.45) is 0. The number of halogens is 1. The smallest absolute Gasteiger partial charge is 0.249 e. The maximum absolute atomic E-state index is 11.3. The molecule has 5 heteroatoms. The van der Waals surface area contributed by atoms with Crippen LogP contribution in [0.1, 0.15) is 24.2 Å². The standard InChI is InChI=1S/C15H20BrN3O/c1-15(2)12-7-18-6-9(12)8-19(15)10-3-4-11(14(17)20)13(16)5-10/h3-5,9,12,18H,6-8H2,1-2H3,(H2,17,20). The second-order valence-corrected chi connectivity index (χ2v) is 7.17. The lowest BCUT2D eigenvalue weighted by molar-refractivity contribution is 0.0999. The van der Waals surface area contributed by atoms with E-state index in [1.54, 1.807) is 0 Å². The molecule has 0 spiro atoms. The van der Waals surface area contributed by atoms with Gasteiger partial charge in [-0.2, -0.15) is 0 Å². The molecule has 0 bridgehead atoms. The third-order valence-corrected chi connectivity index (χ3v) is 5.55. The second kappa shape index (κ2) is 4.74. The van der Waals surface area contributed by atoms with Crippen LogP contribution in [0.5, 0.6) is 0 Å². The van der Waals surface area contributed by atoms with E-state index in [0.717, 1.165) is 29.8 Å². The molecule has 2 heterocycles.